The average Bonchev–Trinajstić information content (AvgIpc) is 2.89. The van der Waals surface area contributed by atoms with Gasteiger partial charge in [-0.25, -0.2) is 0 Å². The fraction of sp³-hybridized carbons (Fsp3) is 0.188. The van der Waals surface area contributed by atoms with E-state index in [2.05, 4.69) is 11.9 Å². The molecular formula is C16H15ClN2O. The van der Waals surface area contributed by atoms with Gasteiger partial charge in [-0.05, 0) is 47.9 Å². The standard InChI is InChI=1S/C16H15ClN2O/c1-2-10-9-19-6-5-13(10)16(18)15-8-11-7-12(17)3-4-14(11)20-15/h3-9,16H,2,18H2,1H3. The van der Waals surface area contributed by atoms with Crippen LogP contribution in [0.5, 0.6) is 0 Å². The van der Waals surface area contributed by atoms with Crippen LogP contribution in [0.4, 0.5) is 0 Å². The highest BCUT2D eigenvalue weighted by atomic mass is 35.5. The SMILES string of the molecule is CCc1cnccc1C(N)c1cc2cc(Cl)ccc2o1. The molecule has 0 aliphatic carbocycles. The lowest BCUT2D eigenvalue weighted by Gasteiger charge is -2.12. The van der Waals surface area contributed by atoms with Gasteiger partial charge in [0, 0.05) is 22.8 Å². The summed E-state index contributed by atoms with van der Waals surface area (Å²) >= 11 is 5.99. The Kier molecular flexibility index (Phi) is 3.47. The van der Waals surface area contributed by atoms with Crippen LogP contribution >= 0.6 is 11.6 Å². The van der Waals surface area contributed by atoms with Crippen molar-refractivity contribution in [2.24, 2.45) is 5.73 Å². The molecule has 1 atom stereocenters. The number of furan rings is 1. The Bertz CT molecular complexity index is 751. The topological polar surface area (TPSA) is 52.0 Å². The minimum Gasteiger partial charge on any atom is -0.459 e. The maximum atomic E-state index is 6.34. The van der Waals surface area contributed by atoms with Crippen molar-refractivity contribution in [3.8, 4) is 0 Å². The summed E-state index contributed by atoms with van der Waals surface area (Å²) in [7, 11) is 0. The van der Waals surface area contributed by atoms with Crippen molar-refractivity contribution in [3.05, 3.63) is 64.6 Å². The molecule has 0 spiro atoms. The first kappa shape index (κ1) is 13.2. The molecule has 0 saturated carbocycles. The number of rotatable bonds is 3. The van der Waals surface area contributed by atoms with Gasteiger partial charge in [0.25, 0.3) is 0 Å². The molecule has 0 saturated heterocycles. The van der Waals surface area contributed by atoms with Crippen LogP contribution in [0.1, 0.15) is 29.9 Å². The highest BCUT2D eigenvalue weighted by Crippen LogP contribution is 2.29. The summed E-state index contributed by atoms with van der Waals surface area (Å²) in [6, 6.07) is 9.16. The highest BCUT2D eigenvalue weighted by Gasteiger charge is 2.17. The Morgan fingerprint density at radius 3 is 2.95 bits per heavy atom. The van der Waals surface area contributed by atoms with E-state index in [4.69, 9.17) is 21.8 Å². The van der Waals surface area contributed by atoms with Gasteiger partial charge in [0.2, 0.25) is 0 Å². The summed E-state index contributed by atoms with van der Waals surface area (Å²) in [6.07, 6.45) is 4.51. The third-order valence-electron chi connectivity index (χ3n) is 3.46. The highest BCUT2D eigenvalue weighted by molar-refractivity contribution is 6.31. The maximum absolute atomic E-state index is 6.34. The van der Waals surface area contributed by atoms with E-state index in [0.717, 1.165) is 34.3 Å². The second kappa shape index (κ2) is 5.27. The normalized spacial score (nSPS) is 12.8. The smallest absolute Gasteiger partial charge is 0.134 e. The van der Waals surface area contributed by atoms with E-state index >= 15 is 0 Å². The summed E-state index contributed by atoms with van der Waals surface area (Å²) in [4.78, 5) is 4.14. The zero-order chi connectivity index (χ0) is 14.1. The summed E-state index contributed by atoms with van der Waals surface area (Å²) in [5.41, 5.74) is 9.32. The first-order chi connectivity index (χ1) is 9.69. The van der Waals surface area contributed by atoms with Crippen molar-refractivity contribution in [1.82, 2.24) is 4.98 Å². The fourth-order valence-electron chi connectivity index (χ4n) is 2.38. The van der Waals surface area contributed by atoms with E-state index in [1.807, 2.05) is 36.5 Å². The fourth-order valence-corrected chi connectivity index (χ4v) is 2.56. The predicted molar refractivity (Wildman–Crippen MR) is 80.9 cm³/mol. The van der Waals surface area contributed by atoms with Gasteiger partial charge in [-0.2, -0.15) is 0 Å². The van der Waals surface area contributed by atoms with Gasteiger partial charge >= 0.3 is 0 Å². The molecule has 0 amide bonds. The van der Waals surface area contributed by atoms with Crippen molar-refractivity contribution in [2.75, 3.05) is 0 Å². The summed E-state index contributed by atoms with van der Waals surface area (Å²) in [5.74, 6) is 0.739. The van der Waals surface area contributed by atoms with Crippen molar-refractivity contribution in [1.29, 1.82) is 0 Å². The van der Waals surface area contributed by atoms with Crippen LogP contribution < -0.4 is 5.73 Å². The minimum absolute atomic E-state index is 0.292. The summed E-state index contributed by atoms with van der Waals surface area (Å²) < 4.78 is 5.83. The van der Waals surface area contributed by atoms with Gasteiger partial charge in [-0.1, -0.05) is 18.5 Å². The van der Waals surface area contributed by atoms with Crippen LogP contribution in [-0.2, 0) is 6.42 Å². The van der Waals surface area contributed by atoms with Gasteiger partial charge in [-0.15, -0.1) is 0 Å². The van der Waals surface area contributed by atoms with Crippen LogP contribution in [0, 0.1) is 0 Å². The third kappa shape index (κ3) is 2.30. The zero-order valence-corrected chi connectivity index (χ0v) is 11.9. The first-order valence-corrected chi connectivity index (χ1v) is 6.94. The number of benzene rings is 1. The quantitative estimate of drug-likeness (QED) is 0.789. The molecular weight excluding hydrogens is 272 g/mol. The summed E-state index contributed by atoms with van der Waals surface area (Å²) in [6.45, 7) is 2.09. The number of pyridine rings is 1. The van der Waals surface area contributed by atoms with E-state index in [9.17, 15) is 0 Å². The number of nitrogens with zero attached hydrogens (tertiary/aromatic N) is 1. The van der Waals surface area contributed by atoms with E-state index < -0.39 is 0 Å². The third-order valence-corrected chi connectivity index (χ3v) is 3.70. The molecule has 1 aromatic carbocycles. The van der Waals surface area contributed by atoms with Gasteiger partial charge in [0.15, 0.2) is 0 Å². The Balaban J connectivity index is 2.05. The second-order valence-electron chi connectivity index (χ2n) is 4.74. The molecule has 4 heteroatoms. The van der Waals surface area contributed by atoms with E-state index in [1.54, 1.807) is 6.20 Å². The van der Waals surface area contributed by atoms with Crippen LogP contribution in [-0.4, -0.2) is 4.98 Å². The van der Waals surface area contributed by atoms with E-state index in [-0.39, 0.29) is 6.04 Å². The lowest BCUT2D eigenvalue weighted by molar-refractivity contribution is 0.523. The first-order valence-electron chi connectivity index (χ1n) is 6.56. The zero-order valence-electron chi connectivity index (χ0n) is 11.1. The van der Waals surface area contributed by atoms with E-state index in [0.29, 0.717) is 5.02 Å². The summed E-state index contributed by atoms with van der Waals surface area (Å²) in [5, 5.41) is 1.66. The van der Waals surface area contributed by atoms with Gasteiger partial charge in [0.1, 0.15) is 11.3 Å². The van der Waals surface area contributed by atoms with Crippen molar-refractivity contribution in [2.45, 2.75) is 19.4 Å². The molecule has 102 valence electrons. The van der Waals surface area contributed by atoms with Crippen molar-refractivity contribution in [3.63, 3.8) is 0 Å². The number of fused-ring (bicyclic) bond motifs is 1. The molecule has 0 aliphatic rings. The largest absolute Gasteiger partial charge is 0.459 e. The van der Waals surface area contributed by atoms with Crippen molar-refractivity contribution >= 4 is 22.6 Å². The number of aromatic nitrogens is 1. The Morgan fingerprint density at radius 2 is 2.15 bits per heavy atom. The number of aryl methyl sites for hydroxylation is 1. The Labute approximate surface area is 122 Å². The molecule has 0 fully saturated rings. The maximum Gasteiger partial charge on any atom is 0.134 e. The number of halogens is 1. The van der Waals surface area contributed by atoms with Crippen LogP contribution in [0.25, 0.3) is 11.0 Å². The molecule has 0 bridgehead atoms. The Morgan fingerprint density at radius 1 is 1.30 bits per heavy atom. The average molecular weight is 287 g/mol. The lowest BCUT2D eigenvalue weighted by Crippen LogP contribution is -2.13. The van der Waals surface area contributed by atoms with Gasteiger partial charge in [0.05, 0.1) is 6.04 Å². The van der Waals surface area contributed by atoms with Gasteiger partial charge in [-0.3, -0.25) is 4.98 Å². The Hall–Kier alpha value is -1.84. The molecule has 1 unspecified atom stereocenters. The lowest BCUT2D eigenvalue weighted by atomic mass is 10.00. The molecule has 3 rings (SSSR count). The monoisotopic (exact) mass is 286 g/mol. The molecule has 20 heavy (non-hydrogen) atoms. The minimum atomic E-state index is -0.292. The number of nitrogens with two attached hydrogens (primary N) is 1. The van der Waals surface area contributed by atoms with Crippen LogP contribution in [0.15, 0.2) is 47.1 Å². The molecule has 0 radical (unpaired) electrons. The number of hydrogen-bond donors (Lipinski definition) is 1. The van der Waals surface area contributed by atoms with E-state index in [1.165, 1.54) is 0 Å². The second-order valence-corrected chi connectivity index (χ2v) is 5.17. The van der Waals surface area contributed by atoms with Crippen molar-refractivity contribution < 1.29 is 4.42 Å². The number of hydrogen-bond acceptors (Lipinski definition) is 3. The molecule has 0 aliphatic heterocycles. The molecule has 2 N–H and O–H groups in total. The van der Waals surface area contributed by atoms with Crippen LogP contribution in [0.2, 0.25) is 5.02 Å². The van der Waals surface area contributed by atoms with Crippen LogP contribution in [0.3, 0.4) is 0 Å². The molecule has 2 heterocycles. The molecule has 3 nitrogen and oxygen atoms in total. The molecule has 2 aromatic heterocycles. The molecule has 3 aromatic rings. The van der Waals surface area contributed by atoms with Gasteiger partial charge < -0.3 is 10.2 Å². The predicted octanol–water partition coefficient (Wildman–Crippen LogP) is 4.09.